The van der Waals surface area contributed by atoms with Gasteiger partial charge in [0.1, 0.15) is 5.69 Å². The number of hydrazine groups is 1. The van der Waals surface area contributed by atoms with Crippen molar-refractivity contribution in [3.8, 4) is 0 Å². The van der Waals surface area contributed by atoms with E-state index in [1.165, 1.54) is 6.07 Å². The number of nitrogen functional groups attached to an aromatic ring is 1. The molecule has 0 unspecified atom stereocenters. The number of hydrogen-bond acceptors (Lipinski definition) is 5. The van der Waals surface area contributed by atoms with Crippen LogP contribution in [0.15, 0.2) is 42.5 Å². The molecule has 110 valence electrons. The number of nitrogens with two attached hydrogens (primary N) is 1. The van der Waals surface area contributed by atoms with E-state index in [4.69, 9.17) is 22.2 Å². The smallest absolute Gasteiger partial charge is 0.294 e. The SMILES string of the molecule is NNc1c(COCc2ccccc2Cl)cccc1[N+](=O)[O-]. The molecule has 0 aliphatic carbocycles. The molecule has 0 amide bonds. The maximum atomic E-state index is 10.9. The molecule has 0 saturated carbocycles. The predicted octanol–water partition coefficient (Wildman–Crippen LogP) is 3.25. The van der Waals surface area contributed by atoms with E-state index >= 15 is 0 Å². The Bertz CT molecular complexity index is 649. The zero-order chi connectivity index (χ0) is 15.2. The second-order valence-electron chi connectivity index (χ2n) is 4.30. The van der Waals surface area contributed by atoms with Gasteiger partial charge in [-0.25, -0.2) is 0 Å². The third-order valence-electron chi connectivity index (χ3n) is 2.94. The van der Waals surface area contributed by atoms with E-state index in [0.29, 0.717) is 17.2 Å². The zero-order valence-corrected chi connectivity index (χ0v) is 11.8. The molecule has 2 aromatic rings. The molecule has 2 rings (SSSR count). The first-order valence-electron chi connectivity index (χ1n) is 6.17. The number of anilines is 1. The van der Waals surface area contributed by atoms with E-state index in [1.54, 1.807) is 18.2 Å². The Balaban J connectivity index is 2.08. The number of nitrogens with one attached hydrogen (secondary N) is 1. The maximum Gasteiger partial charge on any atom is 0.294 e. The van der Waals surface area contributed by atoms with Crippen molar-refractivity contribution < 1.29 is 9.66 Å². The normalized spacial score (nSPS) is 10.4. The molecule has 0 heterocycles. The van der Waals surface area contributed by atoms with Crippen LogP contribution in [0.2, 0.25) is 5.02 Å². The fourth-order valence-corrected chi connectivity index (χ4v) is 2.10. The molecule has 7 heteroatoms. The summed E-state index contributed by atoms with van der Waals surface area (Å²) in [6.07, 6.45) is 0. The standard InChI is InChI=1S/C14H14ClN3O3/c15-12-6-2-1-4-10(12)8-21-9-11-5-3-7-13(18(19)20)14(11)17-16/h1-7,17H,8-9,16H2. The molecule has 0 bridgehead atoms. The molecule has 0 aromatic heterocycles. The third kappa shape index (κ3) is 3.69. The van der Waals surface area contributed by atoms with Gasteiger partial charge >= 0.3 is 0 Å². The second kappa shape index (κ2) is 7.03. The number of halogens is 1. The lowest BCUT2D eigenvalue weighted by molar-refractivity contribution is -0.384. The van der Waals surface area contributed by atoms with Crippen LogP contribution >= 0.6 is 11.6 Å². The van der Waals surface area contributed by atoms with Crippen molar-refractivity contribution in [3.05, 3.63) is 68.7 Å². The summed E-state index contributed by atoms with van der Waals surface area (Å²) in [6.45, 7) is 0.499. The van der Waals surface area contributed by atoms with E-state index in [1.807, 2.05) is 18.2 Å². The van der Waals surface area contributed by atoms with Gasteiger partial charge in [0.15, 0.2) is 0 Å². The fraction of sp³-hybridized carbons (Fsp3) is 0.143. The summed E-state index contributed by atoms with van der Waals surface area (Å²) in [6, 6.07) is 12.0. The molecule has 0 fully saturated rings. The first-order chi connectivity index (χ1) is 10.1. The Morgan fingerprint density at radius 1 is 1.14 bits per heavy atom. The lowest BCUT2D eigenvalue weighted by Gasteiger charge is -2.10. The van der Waals surface area contributed by atoms with Crippen LogP contribution < -0.4 is 11.3 Å². The molecule has 0 saturated heterocycles. The average molecular weight is 308 g/mol. The molecule has 0 aliphatic heterocycles. The maximum absolute atomic E-state index is 10.9. The van der Waals surface area contributed by atoms with Gasteiger partial charge in [-0.15, -0.1) is 0 Å². The van der Waals surface area contributed by atoms with Crippen LogP contribution in [0.1, 0.15) is 11.1 Å². The molecule has 0 aliphatic rings. The Kier molecular flexibility index (Phi) is 5.10. The molecule has 6 nitrogen and oxygen atoms in total. The van der Waals surface area contributed by atoms with Crippen molar-refractivity contribution in [3.63, 3.8) is 0 Å². The topological polar surface area (TPSA) is 90.4 Å². The lowest BCUT2D eigenvalue weighted by Crippen LogP contribution is -2.12. The molecule has 21 heavy (non-hydrogen) atoms. The van der Waals surface area contributed by atoms with Gasteiger partial charge in [0.05, 0.1) is 18.1 Å². The minimum Gasteiger partial charge on any atom is -0.372 e. The monoisotopic (exact) mass is 307 g/mol. The molecule has 0 spiro atoms. The predicted molar refractivity (Wildman–Crippen MR) is 80.9 cm³/mol. The van der Waals surface area contributed by atoms with Crippen LogP contribution in [0.4, 0.5) is 11.4 Å². The van der Waals surface area contributed by atoms with Crippen LogP contribution in [0.25, 0.3) is 0 Å². The molecule has 2 aromatic carbocycles. The summed E-state index contributed by atoms with van der Waals surface area (Å²) in [7, 11) is 0. The highest BCUT2D eigenvalue weighted by Crippen LogP contribution is 2.28. The van der Waals surface area contributed by atoms with Gasteiger partial charge in [0.2, 0.25) is 0 Å². The number of benzene rings is 2. The minimum atomic E-state index is -0.493. The quantitative estimate of drug-likeness (QED) is 0.485. The molecule has 0 atom stereocenters. The van der Waals surface area contributed by atoms with Crippen LogP contribution in [-0.2, 0) is 18.0 Å². The number of nitro benzene ring substituents is 1. The Morgan fingerprint density at radius 3 is 2.48 bits per heavy atom. The minimum absolute atomic E-state index is 0.0867. The molecule has 3 N–H and O–H groups in total. The summed E-state index contributed by atoms with van der Waals surface area (Å²) in [5, 5.41) is 11.5. The lowest BCUT2D eigenvalue weighted by atomic mass is 10.1. The second-order valence-corrected chi connectivity index (χ2v) is 4.70. The van der Waals surface area contributed by atoms with Crippen molar-refractivity contribution in [1.29, 1.82) is 0 Å². The summed E-state index contributed by atoms with van der Waals surface area (Å²) in [5.41, 5.74) is 3.99. The largest absolute Gasteiger partial charge is 0.372 e. The van der Waals surface area contributed by atoms with Crippen LogP contribution in [0.3, 0.4) is 0 Å². The fourth-order valence-electron chi connectivity index (χ4n) is 1.91. The molecular formula is C14H14ClN3O3. The van der Waals surface area contributed by atoms with Crippen molar-refractivity contribution >= 4 is 23.0 Å². The number of ether oxygens (including phenoxy) is 1. The van der Waals surface area contributed by atoms with E-state index in [9.17, 15) is 10.1 Å². The van der Waals surface area contributed by atoms with Gasteiger partial charge in [0, 0.05) is 16.7 Å². The van der Waals surface area contributed by atoms with Gasteiger partial charge < -0.3 is 10.2 Å². The highest BCUT2D eigenvalue weighted by atomic mass is 35.5. The van der Waals surface area contributed by atoms with Crippen molar-refractivity contribution in [2.24, 2.45) is 5.84 Å². The average Bonchev–Trinajstić information content (AvgIpc) is 2.48. The summed E-state index contributed by atoms with van der Waals surface area (Å²) < 4.78 is 5.56. The van der Waals surface area contributed by atoms with E-state index < -0.39 is 4.92 Å². The van der Waals surface area contributed by atoms with E-state index in [0.717, 1.165) is 5.56 Å². The van der Waals surface area contributed by atoms with Gasteiger partial charge in [-0.1, -0.05) is 41.9 Å². The molecule has 0 radical (unpaired) electrons. The van der Waals surface area contributed by atoms with Crippen LogP contribution in [-0.4, -0.2) is 4.92 Å². The Morgan fingerprint density at radius 2 is 1.81 bits per heavy atom. The molecular weight excluding hydrogens is 294 g/mol. The number of nitrogens with zero attached hydrogens (tertiary/aromatic N) is 1. The first kappa shape index (κ1) is 15.2. The number of hydrogen-bond donors (Lipinski definition) is 2. The summed E-state index contributed by atoms with van der Waals surface area (Å²) in [5.74, 6) is 5.37. The van der Waals surface area contributed by atoms with Crippen LogP contribution in [0, 0.1) is 10.1 Å². The third-order valence-corrected chi connectivity index (χ3v) is 3.31. The summed E-state index contributed by atoms with van der Waals surface area (Å²) in [4.78, 5) is 10.4. The Labute approximate surface area is 126 Å². The van der Waals surface area contributed by atoms with Gasteiger partial charge in [-0.05, 0) is 11.6 Å². The van der Waals surface area contributed by atoms with E-state index in [2.05, 4.69) is 5.43 Å². The highest BCUT2D eigenvalue weighted by Gasteiger charge is 2.16. The number of para-hydroxylation sites is 1. The van der Waals surface area contributed by atoms with Crippen molar-refractivity contribution in [1.82, 2.24) is 0 Å². The van der Waals surface area contributed by atoms with Crippen LogP contribution in [0.5, 0.6) is 0 Å². The van der Waals surface area contributed by atoms with Gasteiger partial charge in [-0.2, -0.15) is 0 Å². The Hall–Kier alpha value is -2.15. The number of nitro groups is 1. The number of rotatable bonds is 6. The summed E-state index contributed by atoms with van der Waals surface area (Å²) >= 11 is 6.03. The van der Waals surface area contributed by atoms with Crippen molar-refractivity contribution in [2.45, 2.75) is 13.2 Å². The van der Waals surface area contributed by atoms with Crippen molar-refractivity contribution in [2.75, 3.05) is 5.43 Å². The van der Waals surface area contributed by atoms with Gasteiger partial charge in [0.25, 0.3) is 5.69 Å². The highest BCUT2D eigenvalue weighted by molar-refractivity contribution is 6.31. The zero-order valence-electron chi connectivity index (χ0n) is 11.1. The van der Waals surface area contributed by atoms with Gasteiger partial charge in [-0.3, -0.25) is 16.0 Å². The first-order valence-corrected chi connectivity index (χ1v) is 6.55. The van der Waals surface area contributed by atoms with E-state index in [-0.39, 0.29) is 18.0 Å².